The number of rotatable bonds is 6. The van der Waals surface area contributed by atoms with E-state index in [9.17, 15) is 4.79 Å². The Labute approximate surface area is 136 Å². The Morgan fingerprint density at radius 3 is 2.87 bits per heavy atom. The average Bonchev–Trinajstić information content (AvgIpc) is 2.98. The van der Waals surface area contributed by atoms with Gasteiger partial charge < -0.3 is 20.4 Å². The number of ether oxygens (including phenoxy) is 1. The molecule has 0 unspecified atom stereocenters. The van der Waals surface area contributed by atoms with Crippen molar-refractivity contribution >= 4 is 16.9 Å². The van der Waals surface area contributed by atoms with Crippen molar-refractivity contribution in [3.8, 4) is 0 Å². The first kappa shape index (κ1) is 16.0. The number of imidazole rings is 1. The van der Waals surface area contributed by atoms with Gasteiger partial charge in [-0.2, -0.15) is 0 Å². The third kappa shape index (κ3) is 3.54. The third-order valence-corrected chi connectivity index (χ3v) is 4.55. The van der Waals surface area contributed by atoms with E-state index in [1.54, 1.807) is 7.11 Å². The molecule has 1 amide bonds. The molecule has 1 saturated heterocycles. The highest BCUT2D eigenvalue weighted by Crippen LogP contribution is 2.29. The Hall–Kier alpha value is -1.92. The van der Waals surface area contributed by atoms with Gasteiger partial charge in [-0.15, -0.1) is 0 Å². The Morgan fingerprint density at radius 2 is 2.13 bits per heavy atom. The number of aromatic amines is 1. The van der Waals surface area contributed by atoms with Gasteiger partial charge in [0.25, 0.3) is 0 Å². The minimum atomic E-state index is -0.395. The summed E-state index contributed by atoms with van der Waals surface area (Å²) in [5.74, 6) is 0.995. The van der Waals surface area contributed by atoms with E-state index in [0.29, 0.717) is 19.6 Å². The van der Waals surface area contributed by atoms with Crippen LogP contribution in [0.3, 0.4) is 0 Å². The molecule has 23 heavy (non-hydrogen) atoms. The number of H-pyrrole nitrogens is 1. The lowest BCUT2D eigenvalue weighted by Crippen LogP contribution is -2.50. The van der Waals surface area contributed by atoms with Crippen LogP contribution in [-0.2, 0) is 16.0 Å². The van der Waals surface area contributed by atoms with E-state index in [2.05, 4.69) is 20.6 Å². The fourth-order valence-corrected chi connectivity index (χ4v) is 3.22. The van der Waals surface area contributed by atoms with E-state index in [0.717, 1.165) is 42.8 Å². The van der Waals surface area contributed by atoms with E-state index in [1.807, 2.05) is 24.3 Å². The molecule has 0 atom stereocenters. The smallest absolute Gasteiger partial charge is 0.228 e. The van der Waals surface area contributed by atoms with Crippen molar-refractivity contribution in [1.82, 2.24) is 20.6 Å². The highest BCUT2D eigenvalue weighted by molar-refractivity contribution is 5.83. The Balaban J connectivity index is 1.57. The van der Waals surface area contributed by atoms with Crippen molar-refractivity contribution in [2.45, 2.75) is 19.3 Å². The monoisotopic (exact) mass is 316 g/mol. The molecule has 1 fully saturated rings. The second-order valence-electron chi connectivity index (χ2n) is 6.17. The van der Waals surface area contributed by atoms with Crippen LogP contribution in [0.25, 0.3) is 11.0 Å². The highest BCUT2D eigenvalue weighted by Gasteiger charge is 2.39. The van der Waals surface area contributed by atoms with Gasteiger partial charge >= 0.3 is 0 Å². The molecule has 0 radical (unpaired) electrons. The lowest BCUT2D eigenvalue weighted by Gasteiger charge is -2.35. The van der Waals surface area contributed by atoms with E-state index in [4.69, 9.17) is 4.74 Å². The van der Waals surface area contributed by atoms with Crippen molar-refractivity contribution in [1.29, 1.82) is 0 Å². The van der Waals surface area contributed by atoms with E-state index in [-0.39, 0.29) is 5.91 Å². The molecule has 0 spiro atoms. The number of fused-ring (bicyclic) bond motifs is 1. The Kier molecular flexibility index (Phi) is 4.93. The van der Waals surface area contributed by atoms with Crippen LogP contribution in [0.4, 0.5) is 0 Å². The molecule has 0 bridgehead atoms. The number of hydrogen-bond donors (Lipinski definition) is 3. The average molecular weight is 316 g/mol. The first-order valence-electron chi connectivity index (χ1n) is 8.15. The fourth-order valence-electron chi connectivity index (χ4n) is 3.22. The Morgan fingerprint density at radius 1 is 1.35 bits per heavy atom. The van der Waals surface area contributed by atoms with Crippen LogP contribution in [0.15, 0.2) is 24.3 Å². The summed E-state index contributed by atoms with van der Waals surface area (Å²) in [5.41, 5.74) is 1.60. The van der Waals surface area contributed by atoms with Gasteiger partial charge in [0.2, 0.25) is 5.91 Å². The number of amides is 1. The largest absolute Gasteiger partial charge is 0.384 e. The highest BCUT2D eigenvalue weighted by atomic mass is 16.5. The molecular weight excluding hydrogens is 292 g/mol. The van der Waals surface area contributed by atoms with E-state index < -0.39 is 5.41 Å². The molecule has 1 aromatic carbocycles. The molecule has 124 valence electrons. The number of para-hydroxylation sites is 2. The lowest BCUT2D eigenvalue weighted by molar-refractivity contribution is -0.136. The molecule has 2 aromatic rings. The molecule has 3 rings (SSSR count). The van der Waals surface area contributed by atoms with Crippen molar-refractivity contribution < 1.29 is 9.53 Å². The van der Waals surface area contributed by atoms with Crippen molar-refractivity contribution in [3.05, 3.63) is 30.1 Å². The lowest BCUT2D eigenvalue weighted by atomic mass is 9.78. The zero-order valence-electron chi connectivity index (χ0n) is 13.5. The minimum absolute atomic E-state index is 0.0944. The van der Waals surface area contributed by atoms with Crippen LogP contribution >= 0.6 is 0 Å². The number of carbonyl (C=O) groups excluding carboxylic acids is 1. The molecule has 2 heterocycles. The van der Waals surface area contributed by atoms with Gasteiger partial charge in [0.05, 0.1) is 23.1 Å². The predicted octanol–water partition coefficient (Wildman–Crippen LogP) is 1.24. The van der Waals surface area contributed by atoms with Crippen molar-refractivity contribution in [2.75, 3.05) is 33.4 Å². The summed E-state index contributed by atoms with van der Waals surface area (Å²) in [6.45, 7) is 2.78. The van der Waals surface area contributed by atoms with Crippen molar-refractivity contribution in [2.24, 2.45) is 5.41 Å². The maximum atomic E-state index is 12.6. The van der Waals surface area contributed by atoms with E-state index >= 15 is 0 Å². The van der Waals surface area contributed by atoms with Gasteiger partial charge in [-0.3, -0.25) is 4.79 Å². The summed E-state index contributed by atoms with van der Waals surface area (Å²) in [4.78, 5) is 20.4. The third-order valence-electron chi connectivity index (χ3n) is 4.55. The van der Waals surface area contributed by atoms with Crippen LogP contribution in [-0.4, -0.2) is 49.2 Å². The zero-order valence-corrected chi connectivity index (χ0v) is 13.5. The Bertz CT molecular complexity index is 623. The van der Waals surface area contributed by atoms with Crippen LogP contribution in [0.2, 0.25) is 0 Å². The number of nitrogens with zero attached hydrogens (tertiary/aromatic N) is 1. The number of methoxy groups -OCH3 is 1. The maximum absolute atomic E-state index is 12.6. The topological polar surface area (TPSA) is 79.0 Å². The first-order chi connectivity index (χ1) is 11.2. The number of nitrogens with one attached hydrogen (secondary N) is 3. The number of carbonyl (C=O) groups is 1. The molecule has 3 N–H and O–H groups in total. The first-order valence-corrected chi connectivity index (χ1v) is 8.15. The summed E-state index contributed by atoms with van der Waals surface area (Å²) < 4.78 is 5.30. The van der Waals surface area contributed by atoms with Crippen LogP contribution in [0.5, 0.6) is 0 Å². The van der Waals surface area contributed by atoms with Crippen molar-refractivity contribution in [3.63, 3.8) is 0 Å². The summed E-state index contributed by atoms with van der Waals surface area (Å²) in [6, 6.07) is 7.95. The van der Waals surface area contributed by atoms with Gasteiger partial charge in [0, 0.05) is 20.1 Å². The van der Waals surface area contributed by atoms with E-state index in [1.165, 1.54) is 0 Å². The zero-order chi connectivity index (χ0) is 16.1. The number of piperidine rings is 1. The van der Waals surface area contributed by atoms with Gasteiger partial charge in [-0.25, -0.2) is 4.98 Å². The molecule has 0 aliphatic carbocycles. The van der Waals surface area contributed by atoms with Gasteiger partial charge in [-0.05, 0) is 38.1 Å². The molecule has 1 aromatic heterocycles. The quantitative estimate of drug-likeness (QED) is 0.749. The summed E-state index contributed by atoms with van der Waals surface area (Å²) in [5, 5.41) is 6.36. The molecule has 1 aliphatic heterocycles. The number of benzene rings is 1. The second-order valence-corrected chi connectivity index (χ2v) is 6.17. The van der Waals surface area contributed by atoms with Gasteiger partial charge in [0.15, 0.2) is 0 Å². The summed E-state index contributed by atoms with van der Waals surface area (Å²) in [6.07, 6.45) is 2.33. The summed E-state index contributed by atoms with van der Waals surface area (Å²) >= 11 is 0. The van der Waals surface area contributed by atoms with Crippen LogP contribution < -0.4 is 10.6 Å². The normalized spacial score (nSPS) is 17.3. The maximum Gasteiger partial charge on any atom is 0.228 e. The minimum Gasteiger partial charge on any atom is -0.384 e. The number of aromatic nitrogens is 2. The number of hydrogen-bond acceptors (Lipinski definition) is 4. The van der Waals surface area contributed by atoms with Crippen LogP contribution in [0, 0.1) is 5.41 Å². The standard InChI is InChI=1S/C17H24N4O2/c1-23-12-17(7-10-18-11-8-17)16(22)19-9-6-15-20-13-4-2-3-5-14(13)21-15/h2-5,18H,6-12H2,1H3,(H,19,22)(H,20,21). The SMILES string of the molecule is COCC1(C(=O)NCCc2nc3ccccc3[nH]2)CCNCC1. The molecular formula is C17H24N4O2. The molecule has 0 saturated carbocycles. The van der Waals surface area contributed by atoms with Gasteiger partial charge in [-0.1, -0.05) is 12.1 Å². The molecule has 6 heteroatoms. The second kappa shape index (κ2) is 7.10. The van der Waals surface area contributed by atoms with Crippen LogP contribution in [0.1, 0.15) is 18.7 Å². The fraction of sp³-hybridized carbons (Fsp3) is 0.529. The molecule has 1 aliphatic rings. The van der Waals surface area contributed by atoms with Gasteiger partial charge in [0.1, 0.15) is 5.82 Å². The molecule has 6 nitrogen and oxygen atoms in total. The predicted molar refractivity (Wildman–Crippen MR) is 89.2 cm³/mol. The summed E-state index contributed by atoms with van der Waals surface area (Å²) in [7, 11) is 1.66.